The number of rotatable bonds is 1. The van der Waals surface area contributed by atoms with E-state index in [4.69, 9.17) is 0 Å². The third-order valence-corrected chi connectivity index (χ3v) is 1.78. The van der Waals surface area contributed by atoms with Gasteiger partial charge in [0.05, 0.1) is 0 Å². The molecule has 0 saturated heterocycles. The van der Waals surface area contributed by atoms with Crippen LogP contribution in [-0.2, 0) is 0 Å². The van der Waals surface area contributed by atoms with Crippen molar-refractivity contribution in [1.29, 1.82) is 0 Å². The summed E-state index contributed by atoms with van der Waals surface area (Å²) in [7, 11) is 0. The molecule has 1 aromatic carbocycles. The standard InChI is InChI=1S/C8H8OSe.Na/c1-6-2-4-7(5-3-6)8(9)10;/h2-5H,1H3,(H,9,10);/q;+1/p-1. The Balaban J connectivity index is 0.000001000. The van der Waals surface area contributed by atoms with Gasteiger partial charge in [-0.3, -0.25) is 0 Å². The fraction of sp³-hybridized carbons (Fsp3) is 0.125. The molecule has 0 aliphatic rings. The van der Waals surface area contributed by atoms with E-state index in [0.29, 0.717) is 0 Å². The first-order chi connectivity index (χ1) is 4.70. The predicted octanol–water partition coefficient (Wildman–Crippen LogP) is -2.99. The zero-order valence-electron chi connectivity index (χ0n) is 6.63. The predicted molar refractivity (Wildman–Crippen MR) is 41.0 cm³/mol. The molecule has 0 aliphatic carbocycles. The SMILES string of the molecule is Cc1ccc(C([O-])=[Se])cc1.[Na+]. The Bertz CT molecular complexity index is 243. The Morgan fingerprint density at radius 3 is 2.09 bits per heavy atom. The molecule has 0 fully saturated rings. The minimum atomic E-state index is 0. The summed E-state index contributed by atoms with van der Waals surface area (Å²) in [5.41, 5.74) is 1.90. The maximum atomic E-state index is 10.7. The largest absolute Gasteiger partial charge is 1.00 e. The van der Waals surface area contributed by atoms with Crippen molar-refractivity contribution in [3.8, 4) is 0 Å². The van der Waals surface area contributed by atoms with Crippen LogP contribution in [0.15, 0.2) is 24.3 Å². The molecule has 11 heavy (non-hydrogen) atoms. The van der Waals surface area contributed by atoms with E-state index in [0.717, 1.165) is 5.56 Å². The van der Waals surface area contributed by atoms with Crippen LogP contribution in [0.1, 0.15) is 11.1 Å². The maximum absolute atomic E-state index is 10.7. The summed E-state index contributed by atoms with van der Waals surface area (Å²) in [5, 5.41) is 10.7. The second-order valence-corrected chi connectivity index (χ2v) is 2.93. The topological polar surface area (TPSA) is 23.1 Å². The van der Waals surface area contributed by atoms with E-state index in [1.54, 1.807) is 0 Å². The molecule has 0 heterocycles. The molecule has 0 spiro atoms. The monoisotopic (exact) mass is 222 g/mol. The molecular formula is C8H7NaOSe. The van der Waals surface area contributed by atoms with Crippen LogP contribution in [0.5, 0.6) is 0 Å². The minimum Gasteiger partial charge on any atom is 1.00 e. The van der Waals surface area contributed by atoms with Gasteiger partial charge in [-0.2, -0.15) is 0 Å². The Morgan fingerprint density at radius 1 is 1.27 bits per heavy atom. The van der Waals surface area contributed by atoms with Crippen LogP contribution in [0.2, 0.25) is 0 Å². The van der Waals surface area contributed by atoms with E-state index in [1.807, 2.05) is 31.2 Å². The molecule has 0 radical (unpaired) electrons. The van der Waals surface area contributed by atoms with E-state index < -0.39 is 0 Å². The Morgan fingerprint density at radius 2 is 1.73 bits per heavy atom. The van der Waals surface area contributed by atoms with Crippen molar-refractivity contribution >= 4 is 20.2 Å². The molecular weight excluding hydrogens is 214 g/mol. The maximum Gasteiger partial charge on any atom is 1.00 e. The van der Waals surface area contributed by atoms with E-state index in [-0.39, 0.29) is 34.2 Å². The normalized spacial score (nSPS) is 8.45. The van der Waals surface area contributed by atoms with Crippen LogP contribution < -0.4 is 34.7 Å². The fourth-order valence-corrected chi connectivity index (χ4v) is 0.975. The van der Waals surface area contributed by atoms with Crippen molar-refractivity contribution in [2.24, 2.45) is 0 Å². The molecule has 52 valence electrons. The van der Waals surface area contributed by atoms with Gasteiger partial charge < -0.3 is 0 Å². The second kappa shape index (κ2) is 5.13. The fourth-order valence-electron chi connectivity index (χ4n) is 0.690. The number of hydrogen-bond donors (Lipinski definition) is 0. The Hall–Kier alpha value is 0.409. The molecule has 0 N–H and O–H groups in total. The third-order valence-electron chi connectivity index (χ3n) is 1.29. The molecule has 0 unspecified atom stereocenters. The first-order valence-electron chi connectivity index (χ1n) is 2.98. The average Bonchev–Trinajstić information content (AvgIpc) is 1.88. The summed E-state index contributed by atoms with van der Waals surface area (Å²) in [6.45, 7) is 1.99. The van der Waals surface area contributed by atoms with Crippen LogP contribution >= 0.6 is 0 Å². The minimum absolute atomic E-state index is 0. The molecule has 3 heteroatoms. The van der Waals surface area contributed by atoms with Crippen molar-refractivity contribution in [3.63, 3.8) is 0 Å². The Labute approximate surface area is 96.5 Å². The van der Waals surface area contributed by atoms with Crippen molar-refractivity contribution in [1.82, 2.24) is 0 Å². The molecule has 1 rings (SSSR count). The van der Waals surface area contributed by atoms with Crippen LogP contribution in [0.3, 0.4) is 0 Å². The summed E-state index contributed by atoms with van der Waals surface area (Å²) in [6.07, 6.45) is 0. The molecule has 0 amide bonds. The van der Waals surface area contributed by atoms with Gasteiger partial charge in [0.2, 0.25) is 0 Å². The number of benzene rings is 1. The van der Waals surface area contributed by atoms with Crippen molar-refractivity contribution in [2.45, 2.75) is 6.92 Å². The van der Waals surface area contributed by atoms with Crippen molar-refractivity contribution < 1.29 is 34.7 Å². The van der Waals surface area contributed by atoms with E-state index in [1.165, 1.54) is 5.56 Å². The van der Waals surface area contributed by atoms with E-state index >= 15 is 0 Å². The van der Waals surface area contributed by atoms with Gasteiger partial charge in [0.25, 0.3) is 0 Å². The van der Waals surface area contributed by atoms with Crippen LogP contribution in [0.4, 0.5) is 0 Å². The summed E-state index contributed by atoms with van der Waals surface area (Å²) < 4.78 is 0.000000000000000444. The van der Waals surface area contributed by atoms with Gasteiger partial charge in [0.15, 0.2) is 0 Å². The zero-order chi connectivity index (χ0) is 7.56. The molecule has 1 nitrogen and oxygen atoms in total. The van der Waals surface area contributed by atoms with Gasteiger partial charge in [-0.25, -0.2) is 0 Å². The van der Waals surface area contributed by atoms with E-state index in [2.05, 4.69) is 15.6 Å². The van der Waals surface area contributed by atoms with Gasteiger partial charge in [-0.15, -0.1) is 0 Å². The average molecular weight is 221 g/mol. The summed E-state index contributed by atoms with van der Waals surface area (Å²) >= 11 is 2.44. The molecule has 0 aromatic heterocycles. The van der Waals surface area contributed by atoms with Gasteiger partial charge in [-0.05, 0) is 0 Å². The van der Waals surface area contributed by atoms with Crippen LogP contribution in [0, 0.1) is 6.92 Å². The summed E-state index contributed by atoms with van der Waals surface area (Å²) in [5.74, 6) is 0. The van der Waals surface area contributed by atoms with Crippen LogP contribution in [0.25, 0.3) is 0 Å². The second-order valence-electron chi connectivity index (χ2n) is 2.15. The Kier molecular flexibility index (Phi) is 5.32. The summed E-state index contributed by atoms with van der Waals surface area (Å²) in [6, 6.07) is 7.47. The number of aryl methyl sites for hydroxylation is 1. The van der Waals surface area contributed by atoms with Gasteiger partial charge in [0.1, 0.15) is 0 Å². The zero-order valence-corrected chi connectivity index (χ0v) is 10.3. The quantitative estimate of drug-likeness (QED) is 0.464. The summed E-state index contributed by atoms with van der Waals surface area (Å²) in [4.78, 5) is 0. The van der Waals surface area contributed by atoms with Gasteiger partial charge in [0, 0.05) is 0 Å². The van der Waals surface area contributed by atoms with Gasteiger partial charge in [-0.1, -0.05) is 0 Å². The molecule has 1 aromatic rings. The van der Waals surface area contributed by atoms with Crippen molar-refractivity contribution in [2.75, 3.05) is 0 Å². The first kappa shape index (κ1) is 11.4. The molecule has 0 atom stereocenters. The van der Waals surface area contributed by atoms with E-state index in [9.17, 15) is 5.11 Å². The van der Waals surface area contributed by atoms with Gasteiger partial charge >= 0.3 is 97.2 Å². The molecule has 0 saturated carbocycles. The van der Waals surface area contributed by atoms with Crippen molar-refractivity contribution in [3.05, 3.63) is 35.4 Å². The number of hydrogen-bond acceptors (Lipinski definition) is 1. The smallest absolute Gasteiger partial charge is 1.00 e. The first-order valence-corrected chi connectivity index (χ1v) is 3.84. The van der Waals surface area contributed by atoms with Crippen LogP contribution in [-0.4, -0.2) is 20.2 Å². The third kappa shape index (κ3) is 3.55. The molecule has 0 aliphatic heterocycles. The molecule has 0 bridgehead atoms.